The molecule has 0 fully saturated rings. The maximum Gasteiger partial charge on any atom is 0.228 e. The van der Waals surface area contributed by atoms with Crippen LogP contribution in [0.25, 0.3) is 11.1 Å². The number of rotatable bonds is 8. The molecule has 0 bridgehead atoms. The van der Waals surface area contributed by atoms with E-state index in [0.29, 0.717) is 25.5 Å². The van der Waals surface area contributed by atoms with Crippen LogP contribution in [0.15, 0.2) is 48.3 Å². The Morgan fingerprint density at radius 1 is 1.23 bits per heavy atom. The van der Waals surface area contributed by atoms with Gasteiger partial charge in [0.05, 0.1) is 11.7 Å². The summed E-state index contributed by atoms with van der Waals surface area (Å²) in [5.41, 5.74) is 13.8. The van der Waals surface area contributed by atoms with Gasteiger partial charge < -0.3 is 10.5 Å². The average Bonchev–Trinajstić information content (AvgIpc) is 2.73. The summed E-state index contributed by atoms with van der Waals surface area (Å²) in [7, 11) is 0. The van der Waals surface area contributed by atoms with Gasteiger partial charge in [0.1, 0.15) is 6.61 Å². The minimum absolute atomic E-state index is 0.342. The highest BCUT2D eigenvalue weighted by atomic mass is 35.5. The van der Waals surface area contributed by atoms with Crippen molar-refractivity contribution in [2.45, 2.75) is 53.7 Å². The number of aryl methyl sites for hydroxylation is 2. The van der Waals surface area contributed by atoms with Gasteiger partial charge >= 0.3 is 0 Å². The molecule has 2 N–H and O–H groups in total. The fourth-order valence-electron chi connectivity index (χ4n) is 3.94. The number of benzene rings is 1. The van der Waals surface area contributed by atoms with E-state index in [1.165, 1.54) is 5.56 Å². The SMILES string of the molecule is Cc1ccc(-c2c(COC3=CC=CC(C(=O)Cl)C3)c(C)nc(CC(C)C)c2CN)cc1. The number of carbonyl (C=O) groups excluding carboxylic acids is 1. The Hall–Kier alpha value is -2.43. The minimum atomic E-state index is -0.368. The normalized spacial score (nSPS) is 15.8. The van der Waals surface area contributed by atoms with Crippen LogP contribution in [-0.4, -0.2) is 10.2 Å². The lowest BCUT2D eigenvalue weighted by Crippen LogP contribution is -2.15. The number of halogens is 1. The monoisotopic (exact) mass is 438 g/mol. The lowest BCUT2D eigenvalue weighted by atomic mass is 9.90. The predicted octanol–water partition coefficient (Wildman–Crippen LogP) is 5.76. The van der Waals surface area contributed by atoms with Gasteiger partial charge in [0.25, 0.3) is 0 Å². The van der Waals surface area contributed by atoms with Crippen molar-refractivity contribution in [1.82, 2.24) is 4.98 Å². The summed E-state index contributed by atoms with van der Waals surface area (Å²) in [4.78, 5) is 16.5. The molecule has 0 saturated heterocycles. The van der Waals surface area contributed by atoms with Crippen LogP contribution >= 0.6 is 11.6 Å². The van der Waals surface area contributed by atoms with Crippen LogP contribution in [-0.2, 0) is 29.1 Å². The molecule has 3 rings (SSSR count). The first kappa shape index (κ1) is 23.2. The van der Waals surface area contributed by atoms with Gasteiger partial charge in [0.2, 0.25) is 5.24 Å². The molecule has 2 aromatic rings. The third-order valence-electron chi connectivity index (χ3n) is 5.58. The molecule has 0 saturated carbocycles. The first-order chi connectivity index (χ1) is 14.8. The molecular weight excluding hydrogens is 408 g/mol. The van der Waals surface area contributed by atoms with Crippen LogP contribution < -0.4 is 5.73 Å². The smallest absolute Gasteiger partial charge is 0.228 e. The second kappa shape index (κ2) is 10.3. The van der Waals surface area contributed by atoms with E-state index in [2.05, 4.69) is 45.0 Å². The molecule has 164 valence electrons. The Labute approximate surface area is 190 Å². The van der Waals surface area contributed by atoms with Crippen molar-refractivity contribution >= 4 is 16.8 Å². The van der Waals surface area contributed by atoms with Crippen LogP contribution in [0, 0.1) is 25.7 Å². The van der Waals surface area contributed by atoms with Gasteiger partial charge in [-0.25, -0.2) is 0 Å². The Bertz CT molecular complexity index is 1010. The van der Waals surface area contributed by atoms with Crippen LogP contribution in [0.2, 0.25) is 0 Å². The molecule has 1 aliphatic carbocycles. The fourth-order valence-corrected chi connectivity index (χ4v) is 4.09. The van der Waals surface area contributed by atoms with Gasteiger partial charge in [0, 0.05) is 29.9 Å². The number of hydrogen-bond donors (Lipinski definition) is 1. The molecule has 0 aliphatic heterocycles. The number of nitrogens with zero attached hydrogens (tertiary/aromatic N) is 1. The number of hydrogen-bond acceptors (Lipinski definition) is 4. The van der Waals surface area contributed by atoms with E-state index in [1.807, 2.05) is 19.1 Å². The van der Waals surface area contributed by atoms with E-state index in [4.69, 9.17) is 27.1 Å². The van der Waals surface area contributed by atoms with E-state index >= 15 is 0 Å². The second-order valence-corrected chi connectivity index (χ2v) is 8.94. The number of aromatic nitrogens is 1. The van der Waals surface area contributed by atoms with Crippen molar-refractivity contribution in [3.63, 3.8) is 0 Å². The Morgan fingerprint density at radius 2 is 1.94 bits per heavy atom. The quantitative estimate of drug-likeness (QED) is 0.531. The molecule has 1 aliphatic rings. The number of allylic oxidation sites excluding steroid dienone is 4. The van der Waals surface area contributed by atoms with E-state index in [0.717, 1.165) is 45.8 Å². The van der Waals surface area contributed by atoms with Crippen LogP contribution in [0.1, 0.15) is 48.3 Å². The van der Waals surface area contributed by atoms with Crippen molar-refractivity contribution in [2.24, 2.45) is 17.6 Å². The second-order valence-electron chi connectivity index (χ2n) is 8.57. The van der Waals surface area contributed by atoms with Crippen molar-refractivity contribution in [3.8, 4) is 11.1 Å². The maximum absolute atomic E-state index is 11.6. The van der Waals surface area contributed by atoms with Gasteiger partial charge in [0.15, 0.2) is 0 Å². The summed E-state index contributed by atoms with van der Waals surface area (Å²) in [6, 6.07) is 8.50. The molecule has 0 amide bonds. The number of carbonyl (C=O) groups is 1. The highest BCUT2D eigenvalue weighted by Gasteiger charge is 2.22. The third-order valence-corrected chi connectivity index (χ3v) is 5.86. The van der Waals surface area contributed by atoms with Crippen molar-refractivity contribution in [2.75, 3.05) is 0 Å². The fraction of sp³-hybridized carbons (Fsp3) is 0.385. The summed E-state index contributed by atoms with van der Waals surface area (Å²) in [5.74, 6) is 0.885. The van der Waals surface area contributed by atoms with E-state index < -0.39 is 0 Å². The van der Waals surface area contributed by atoms with Crippen molar-refractivity contribution in [1.29, 1.82) is 0 Å². The molecule has 0 radical (unpaired) electrons. The maximum atomic E-state index is 11.6. The van der Waals surface area contributed by atoms with Gasteiger partial charge in [-0.2, -0.15) is 0 Å². The van der Waals surface area contributed by atoms with Crippen LogP contribution in [0.5, 0.6) is 0 Å². The van der Waals surface area contributed by atoms with Gasteiger partial charge in [-0.3, -0.25) is 9.78 Å². The molecule has 1 atom stereocenters. The highest BCUT2D eigenvalue weighted by molar-refractivity contribution is 6.64. The largest absolute Gasteiger partial charge is 0.493 e. The molecule has 1 aromatic heterocycles. The number of pyridine rings is 1. The number of nitrogens with two attached hydrogens (primary N) is 1. The van der Waals surface area contributed by atoms with E-state index in [-0.39, 0.29) is 11.2 Å². The minimum Gasteiger partial charge on any atom is -0.493 e. The molecule has 31 heavy (non-hydrogen) atoms. The zero-order valence-corrected chi connectivity index (χ0v) is 19.5. The topological polar surface area (TPSA) is 65.2 Å². The standard InChI is InChI=1S/C26H31ClN2O2/c1-16(2)12-24-22(14-28)25(19-10-8-17(3)9-11-19)23(18(4)29-24)15-31-21-7-5-6-20(13-21)26(27)30/h5-11,16,20H,12-15,28H2,1-4H3. The summed E-state index contributed by atoms with van der Waals surface area (Å²) in [6.45, 7) is 9.27. The number of ether oxygens (including phenoxy) is 1. The molecule has 1 aromatic carbocycles. The highest BCUT2D eigenvalue weighted by Crippen LogP contribution is 2.34. The van der Waals surface area contributed by atoms with E-state index in [9.17, 15) is 4.79 Å². The Balaban J connectivity index is 2.02. The molecular formula is C26H31ClN2O2. The lowest BCUT2D eigenvalue weighted by molar-refractivity contribution is -0.114. The summed E-state index contributed by atoms with van der Waals surface area (Å²) in [6.07, 6.45) is 6.87. The summed E-state index contributed by atoms with van der Waals surface area (Å²) in [5, 5.41) is -0.368. The Kier molecular flexibility index (Phi) is 7.69. The van der Waals surface area contributed by atoms with Crippen LogP contribution in [0.3, 0.4) is 0 Å². The van der Waals surface area contributed by atoms with E-state index in [1.54, 1.807) is 6.08 Å². The predicted molar refractivity (Wildman–Crippen MR) is 127 cm³/mol. The average molecular weight is 439 g/mol. The molecule has 0 spiro atoms. The molecule has 1 unspecified atom stereocenters. The van der Waals surface area contributed by atoms with Crippen molar-refractivity contribution in [3.05, 3.63) is 76.3 Å². The third kappa shape index (κ3) is 5.63. The molecule has 4 nitrogen and oxygen atoms in total. The zero-order valence-electron chi connectivity index (χ0n) is 18.7. The van der Waals surface area contributed by atoms with Gasteiger partial charge in [-0.1, -0.05) is 55.8 Å². The first-order valence-corrected chi connectivity index (χ1v) is 11.2. The summed E-state index contributed by atoms with van der Waals surface area (Å²) < 4.78 is 6.15. The lowest BCUT2D eigenvalue weighted by Gasteiger charge is -2.23. The zero-order chi connectivity index (χ0) is 22.5. The summed E-state index contributed by atoms with van der Waals surface area (Å²) >= 11 is 5.68. The van der Waals surface area contributed by atoms with Crippen LogP contribution in [0.4, 0.5) is 0 Å². The molecule has 5 heteroatoms. The van der Waals surface area contributed by atoms with Gasteiger partial charge in [-0.15, -0.1) is 0 Å². The molecule has 1 heterocycles. The first-order valence-electron chi connectivity index (χ1n) is 10.8. The van der Waals surface area contributed by atoms with Gasteiger partial charge in [-0.05, 0) is 60.6 Å². The Morgan fingerprint density at radius 3 is 2.55 bits per heavy atom. The van der Waals surface area contributed by atoms with Crippen molar-refractivity contribution < 1.29 is 9.53 Å².